The second-order valence-corrected chi connectivity index (χ2v) is 6.29. The minimum absolute atomic E-state index is 0.000781. The first-order chi connectivity index (χ1) is 10.5. The second kappa shape index (κ2) is 5.61. The van der Waals surface area contributed by atoms with Crippen LogP contribution >= 0.6 is 0 Å². The van der Waals surface area contributed by atoms with Crippen molar-refractivity contribution in [3.63, 3.8) is 0 Å². The van der Waals surface area contributed by atoms with E-state index in [9.17, 15) is 12.8 Å². The smallest absolute Gasteiger partial charge is 0.261 e. The average Bonchev–Trinajstić information content (AvgIpc) is 3.02. The standard InChI is InChI=1S/C15H12FN3O2S/c16-12-4-6-14(7-5-12)22(20,21)19-13-3-1-2-11(10-13)15-8-9-17-18-15/h1-10,19H,(H,17,18). The van der Waals surface area contributed by atoms with E-state index in [1.165, 1.54) is 12.1 Å². The van der Waals surface area contributed by atoms with Crippen LogP contribution in [0.3, 0.4) is 0 Å². The third-order valence-corrected chi connectivity index (χ3v) is 4.45. The number of benzene rings is 2. The van der Waals surface area contributed by atoms with Crippen LogP contribution in [-0.4, -0.2) is 18.6 Å². The Bertz CT molecular complexity index is 875. The van der Waals surface area contributed by atoms with Crippen LogP contribution in [0.5, 0.6) is 0 Å². The summed E-state index contributed by atoms with van der Waals surface area (Å²) in [5.74, 6) is -0.486. The SMILES string of the molecule is O=S(=O)(Nc1cccc(-c2ccn[nH]2)c1)c1ccc(F)cc1. The second-order valence-electron chi connectivity index (χ2n) is 4.61. The highest BCUT2D eigenvalue weighted by atomic mass is 32.2. The number of hydrogen-bond donors (Lipinski definition) is 2. The Hall–Kier alpha value is -2.67. The molecule has 3 rings (SSSR count). The van der Waals surface area contributed by atoms with Crippen LogP contribution in [0.4, 0.5) is 10.1 Å². The van der Waals surface area contributed by atoms with Gasteiger partial charge in [0.25, 0.3) is 10.0 Å². The lowest BCUT2D eigenvalue weighted by Crippen LogP contribution is -2.12. The first-order valence-electron chi connectivity index (χ1n) is 6.43. The largest absolute Gasteiger partial charge is 0.280 e. The molecule has 0 saturated carbocycles. The van der Waals surface area contributed by atoms with E-state index < -0.39 is 15.8 Å². The summed E-state index contributed by atoms with van der Waals surface area (Å²) in [7, 11) is -3.76. The van der Waals surface area contributed by atoms with Crippen molar-refractivity contribution in [3.05, 3.63) is 66.6 Å². The Morgan fingerprint density at radius 3 is 2.50 bits per heavy atom. The number of sulfonamides is 1. The molecule has 2 aromatic carbocycles. The Labute approximate surface area is 126 Å². The van der Waals surface area contributed by atoms with Crippen molar-refractivity contribution in [1.82, 2.24) is 10.2 Å². The molecule has 0 fully saturated rings. The maximum Gasteiger partial charge on any atom is 0.261 e. The summed E-state index contributed by atoms with van der Waals surface area (Å²) in [6, 6.07) is 13.3. The normalized spacial score (nSPS) is 11.3. The van der Waals surface area contributed by atoms with Gasteiger partial charge < -0.3 is 0 Å². The summed E-state index contributed by atoms with van der Waals surface area (Å²) >= 11 is 0. The van der Waals surface area contributed by atoms with Gasteiger partial charge in [0.05, 0.1) is 10.6 Å². The molecule has 1 heterocycles. The monoisotopic (exact) mass is 317 g/mol. The number of halogens is 1. The van der Waals surface area contributed by atoms with E-state index in [0.29, 0.717) is 5.69 Å². The molecule has 0 bridgehead atoms. The Morgan fingerprint density at radius 1 is 1.05 bits per heavy atom. The summed E-state index contributed by atoms with van der Waals surface area (Å²) < 4.78 is 39.9. The van der Waals surface area contributed by atoms with Gasteiger partial charge in [-0.3, -0.25) is 9.82 Å². The van der Waals surface area contributed by atoms with Crippen molar-refractivity contribution in [2.24, 2.45) is 0 Å². The molecule has 0 unspecified atom stereocenters. The number of nitrogens with zero attached hydrogens (tertiary/aromatic N) is 1. The Balaban J connectivity index is 1.89. The van der Waals surface area contributed by atoms with Gasteiger partial charge in [-0.2, -0.15) is 5.10 Å². The van der Waals surface area contributed by atoms with E-state index in [2.05, 4.69) is 14.9 Å². The summed E-state index contributed by atoms with van der Waals surface area (Å²) in [4.78, 5) is 0.000781. The highest BCUT2D eigenvalue weighted by Gasteiger charge is 2.14. The molecular formula is C15H12FN3O2S. The van der Waals surface area contributed by atoms with Crippen molar-refractivity contribution >= 4 is 15.7 Å². The van der Waals surface area contributed by atoms with Crippen LogP contribution < -0.4 is 4.72 Å². The number of rotatable bonds is 4. The Morgan fingerprint density at radius 2 is 1.82 bits per heavy atom. The van der Waals surface area contributed by atoms with E-state index in [1.54, 1.807) is 30.5 Å². The van der Waals surface area contributed by atoms with Crippen LogP contribution in [-0.2, 0) is 10.0 Å². The molecule has 0 aliphatic carbocycles. The van der Waals surface area contributed by atoms with Gasteiger partial charge in [0.2, 0.25) is 0 Å². The molecule has 0 amide bonds. The molecular weight excluding hydrogens is 305 g/mol. The van der Waals surface area contributed by atoms with E-state index in [-0.39, 0.29) is 4.90 Å². The first kappa shape index (κ1) is 14.3. The number of aromatic nitrogens is 2. The van der Waals surface area contributed by atoms with Crippen molar-refractivity contribution in [1.29, 1.82) is 0 Å². The van der Waals surface area contributed by atoms with Gasteiger partial charge in [-0.25, -0.2) is 12.8 Å². The lowest BCUT2D eigenvalue weighted by Gasteiger charge is -2.09. The van der Waals surface area contributed by atoms with Gasteiger partial charge >= 0.3 is 0 Å². The summed E-state index contributed by atoms with van der Waals surface area (Å²) in [5, 5.41) is 6.67. The lowest BCUT2D eigenvalue weighted by molar-refractivity contribution is 0.599. The molecule has 7 heteroatoms. The predicted molar refractivity (Wildman–Crippen MR) is 81.2 cm³/mol. The van der Waals surface area contributed by atoms with Crippen molar-refractivity contribution in [3.8, 4) is 11.3 Å². The molecule has 2 N–H and O–H groups in total. The van der Waals surface area contributed by atoms with Crippen LogP contribution in [0.25, 0.3) is 11.3 Å². The maximum absolute atomic E-state index is 12.9. The van der Waals surface area contributed by atoms with Gasteiger partial charge in [-0.1, -0.05) is 12.1 Å². The fourth-order valence-corrected chi connectivity index (χ4v) is 3.04. The van der Waals surface area contributed by atoms with Gasteiger partial charge in [-0.05, 0) is 42.5 Å². The number of aromatic amines is 1. The van der Waals surface area contributed by atoms with Crippen LogP contribution in [0.1, 0.15) is 0 Å². The van der Waals surface area contributed by atoms with Crippen molar-refractivity contribution in [2.75, 3.05) is 4.72 Å². The molecule has 0 radical (unpaired) electrons. The number of H-pyrrole nitrogens is 1. The number of hydrogen-bond acceptors (Lipinski definition) is 3. The van der Waals surface area contributed by atoms with Crippen molar-refractivity contribution in [2.45, 2.75) is 4.90 Å². The quantitative estimate of drug-likeness (QED) is 0.776. The minimum Gasteiger partial charge on any atom is -0.280 e. The van der Waals surface area contributed by atoms with Gasteiger partial charge in [0.1, 0.15) is 5.82 Å². The Kier molecular flexibility index (Phi) is 3.64. The molecule has 1 aromatic heterocycles. The molecule has 112 valence electrons. The fourth-order valence-electron chi connectivity index (χ4n) is 1.99. The summed E-state index contributed by atoms with van der Waals surface area (Å²) in [6.45, 7) is 0. The zero-order valence-corrected chi connectivity index (χ0v) is 12.1. The molecule has 0 aliphatic heterocycles. The molecule has 22 heavy (non-hydrogen) atoms. The van der Waals surface area contributed by atoms with E-state index in [1.807, 2.05) is 6.07 Å². The van der Waals surface area contributed by atoms with Crippen LogP contribution in [0, 0.1) is 5.82 Å². The minimum atomic E-state index is -3.76. The number of nitrogens with one attached hydrogen (secondary N) is 2. The van der Waals surface area contributed by atoms with Crippen molar-refractivity contribution < 1.29 is 12.8 Å². The van der Waals surface area contributed by atoms with Gasteiger partial charge in [0.15, 0.2) is 0 Å². The van der Waals surface area contributed by atoms with Crippen LogP contribution in [0.15, 0.2) is 65.7 Å². The number of anilines is 1. The highest BCUT2D eigenvalue weighted by Crippen LogP contribution is 2.22. The fraction of sp³-hybridized carbons (Fsp3) is 0. The lowest BCUT2D eigenvalue weighted by atomic mass is 10.1. The summed E-state index contributed by atoms with van der Waals surface area (Å²) in [5.41, 5.74) is 2.00. The topological polar surface area (TPSA) is 74.8 Å². The highest BCUT2D eigenvalue weighted by molar-refractivity contribution is 7.92. The van der Waals surface area contributed by atoms with Gasteiger partial charge in [-0.15, -0.1) is 0 Å². The van der Waals surface area contributed by atoms with E-state index >= 15 is 0 Å². The predicted octanol–water partition coefficient (Wildman–Crippen LogP) is 3.02. The van der Waals surface area contributed by atoms with Gasteiger partial charge in [0, 0.05) is 17.4 Å². The molecule has 5 nitrogen and oxygen atoms in total. The van der Waals surface area contributed by atoms with E-state index in [4.69, 9.17) is 0 Å². The maximum atomic E-state index is 12.9. The third-order valence-electron chi connectivity index (χ3n) is 3.05. The zero-order chi connectivity index (χ0) is 15.6. The summed E-state index contributed by atoms with van der Waals surface area (Å²) in [6.07, 6.45) is 1.62. The molecule has 3 aromatic rings. The molecule has 0 saturated heterocycles. The third kappa shape index (κ3) is 2.99. The van der Waals surface area contributed by atoms with E-state index in [0.717, 1.165) is 23.4 Å². The zero-order valence-electron chi connectivity index (χ0n) is 11.3. The average molecular weight is 317 g/mol. The molecule has 0 spiro atoms. The first-order valence-corrected chi connectivity index (χ1v) is 7.91. The van der Waals surface area contributed by atoms with Crippen LogP contribution in [0.2, 0.25) is 0 Å². The molecule has 0 atom stereocenters. The molecule has 0 aliphatic rings.